The molecule has 0 saturated carbocycles. The Kier molecular flexibility index (Phi) is 6.67. The minimum atomic E-state index is -4.11. The van der Waals surface area contributed by atoms with Crippen LogP contribution in [0.15, 0.2) is 53.4 Å². The Balaban J connectivity index is 2.26. The Hall–Kier alpha value is -2.95. The van der Waals surface area contributed by atoms with Crippen LogP contribution in [0.5, 0.6) is 0 Å². The van der Waals surface area contributed by atoms with Crippen molar-refractivity contribution in [2.24, 2.45) is 0 Å². The normalized spacial score (nSPS) is 10.7. The van der Waals surface area contributed by atoms with E-state index in [4.69, 9.17) is 10.6 Å². The maximum absolute atomic E-state index is 12.4. The summed E-state index contributed by atoms with van der Waals surface area (Å²) in [6, 6.07) is 12.3. The predicted molar refractivity (Wildman–Crippen MR) is 97.4 cm³/mol. The lowest BCUT2D eigenvalue weighted by molar-refractivity contribution is 0.102. The maximum atomic E-state index is 12.4. The molecule has 26 heavy (non-hydrogen) atoms. The molecule has 2 aromatic carbocycles. The van der Waals surface area contributed by atoms with Gasteiger partial charge in [0.2, 0.25) is 0 Å². The first kappa shape index (κ1) is 19.4. The third-order valence-electron chi connectivity index (χ3n) is 3.35. The first-order valence-corrected chi connectivity index (χ1v) is 9.16. The molecule has 0 atom stereocenters. The molecule has 0 fully saturated rings. The molecular weight excluding hydrogens is 354 g/mol. The van der Waals surface area contributed by atoms with Crippen molar-refractivity contribution in [3.8, 4) is 12.3 Å². The van der Waals surface area contributed by atoms with Gasteiger partial charge in [-0.1, -0.05) is 18.2 Å². The van der Waals surface area contributed by atoms with E-state index in [0.29, 0.717) is 24.8 Å². The second-order valence-corrected chi connectivity index (χ2v) is 6.93. The average molecular weight is 371 g/mol. The molecule has 0 aromatic heterocycles. The molecule has 134 valence electrons. The van der Waals surface area contributed by atoms with Crippen molar-refractivity contribution < 1.29 is 22.2 Å². The number of aldehydes is 1. The van der Waals surface area contributed by atoms with Crippen LogP contribution in [0.1, 0.15) is 33.6 Å². The van der Waals surface area contributed by atoms with E-state index in [1.165, 1.54) is 12.1 Å². The van der Waals surface area contributed by atoms with Gasteiger partial charge in [-0.25, -0.2) is 0 Å². The summed E-state index contributed by atoms with van der Waals surface area (Å²) in [5, 5.41) is 2.64. The Labute approximate surface area is 152 Å². The van der Waals surface area contributed by atoms with E-state index >= 15 is 0 Å². The van der Waals surface area contributed by atoms with Crippen LogP contribution in [0.25, 0.3) is 0 Å². The van der Waals surface area contributed by atoms with Crippen LogP contribution in [0, 0.1) is 12.3 Å². The van der Waals surface area contributed by atoms with Gasteiger partial charge >= 0.3 is 0 Å². The summed E-state index contributed by atoms with van der Waals surface area (Å²) < 4.78 is 29.4. The molecule has 1 N–H and O–H groups in total. The van der Waals surface area contributed by atoms with E-state index in [1.54, 1.807) is 30.3 Å². The van der Waals surface area contributed by atoms with E-state index in [-0.39, 0.29) is 22.6 Å². The Morgan fingerprint density at radius 2 is 1.92 bits per heavy atom. The minimum absolute atomic E-state index is 0.0317. The van der Waals surface area contributed by atoms with Gasteiger partial charge in [-0.2, -0.15) is 8.42 Å². The molecule has 0 saturated heterocycles. The molecule has 0 spiro atoms. The minimum Gasteiger partial charge on any atom is -0.322 e. The summed E-state index contributed by atoms with van der Waals surface area (Å²) in [4.78, 5) is 23.2. The summed E-state index contributed by atoms with van der Waals surface area (Å²) >= 11 is 0. The highest BCUT2D eigenvalue weighted by Crippen LogP contribution is 2.18. The molecule has 0 radical (unpaired) electrons. The SMILES string of the molecule is C#CCCCOS(=O)(=O)c1cc(C=O)cc(C(=O)Nc2ccccc2)c1. The largest absolute Gasteiger partial charge is 0.322 e. The number of para-hydroxylation sites is 1. The second-order valence-electron chi connectivity index (χ2n) is 5.31. The van der Waals surface area contributed by atoms with Crippen molar-refractivity contribution in [2.75, 3.05) is 11.9 Å². The number of rotatable bonds is 8. The lowest BCUT2D eigenvalue weighted by atomic mass is 10.1. The molecule has 7 heteroatoms. The highest BCUT2D eigenvalue weighted by atomic mass is 32.2. The van der Waals surface area contributed by atoms with E-state index in [9.17, 15) is 18.0 Å². The zero-order valence-electron chi connectivity index (χ0n) is 13.8. The molecule has 0 aliphatic rings. The highest BCUT2D eigenvalue weighted by Gasteiger charge is 2.19. The number of carbonyl (C=O) groups is 2. The van der Waals surface area contributed by atoms with Gasteiger partial charge in [-0.15, -0.1) is 12.3 Å². The van der Waals surface area contributed by atoms with E-state index in [0.717, 1.165) is 6.07 Å². The summed E-state index contributed by atoms with van der Waals surface area (Å²) in [6.45, 7) is -0.0800. The van der Waals surface area contributed by atoms with Crippen LogP contribution < -0.4 is 5.32 Å². The van der Waals surface area contributed by atoms with Crippen molar-refractivity contribution >= 4 is 28.0 Å². The molecular formula is C19H17NO5S. The van der Waals surface area contributed by atoms with Gasteiger partial charge in [-0.3, -0.25) is 13.8 Å². The first-order chi connectivity index (χ1) is 12.5. The number of hydrogen-bond donors (Lipinski definition) is 1. The fourth-order valence-corrected chi connectivity index (χ4v) is 3.13. The van der Waals surface area contributed by atoms with Crippen molar-refractivity contribution in [3.63, 3.8) is 0 Å². The first-order valence-electron chi connectivity index (χ1n) is 7.76. The van der Waals surface area contributed by atoms with E-state index in [1.807, 2.05) is 0 Å². The lowest BCUT2D eigenvalue weighted by Gasteiger charge is -2.09. The van der Waals surface area contributed by atoms with Crippen LogP contribution in [0.2, 0.25) is 0 Å². The number of carbonyl (C=O) groups excluding carboxylic acids is 2. The van der Waals surface area contributed by atoms with Crippen molar-refractivity contribution in [3.05, 3.63) is 59.7 Å². The third kappa shape index (κ3) is 5.28. The molecule has 2 aromatic rings. The standard InChI is InChI=1S/C19H17NO5S/c1-2-3-7-10-25-26(23,24)18-12-15(14-21)11-16(13-18)19(22)20-17-8-5-4-6-9-17/h1,4-6,8-9,11-14H,3,7,10H2,(H,20,22). The van der Waals surface area contributed by atoms with E-state index < -0.39 is 16.0 Å². The number of hydrogen-bond acceptors (Lipinski definition) is 5. The monoisotopic (exact) mass is 371 g/mol. The zero-order chi connectivity index (χ0) is 19.0. The number of amides is 1. The molecule has 6 nitrogen and oxygen atoms in total. The van der Waals surface area contributed by atoms with Gasteiger partial charge in [-0.05, 0) is 36.8 Å². The predicted octanol–water partition coefficient (Wildman–Crippen LogP) is 2.87. The zero-order valence-corrected chi connectivity index (χ0v) is 14.7. The molecule has 0 unspecified atom stereocenters. The van der Waals surface area contributed by atoms with Gasteiger partial charge in [0.15, 0.2) is 0 Å². The van der Waals surface area contributed by atoms with Gasteiger partial charge in [0.25, 0.3) is 16.0 Å². The van der Waals surface area contributed by atoms with Crippen LogP contribution >= 0.6 is 0 Å². The Morgan fingerprint density at radius 1 is 1.19 bits per heavy atom. The fraction of sp³-hybridized carbons (Fsp3) is 0.158. The molecule has 0 heterocycles. The van der Waals surface area contributed by atoms with Crippen LogP contribution in [0.4, 0.5) is 5.69 Å². The summed E-state index contributed by atoms with van der Waals surface area (Å²) in [5.41, 5.74) is 0.629. The number of terminal acetylenes is 1. The molecule has 1 amide bonds. The fourth-order valence-electron chi connectivity index (χ4n) is 2.10. The van der Waals surface area contributed by atoms with Crippen molar-refractivity contribution in [1.82, 2.24) is 0 Å². The number of unbranched alkanes of at least 4 members (excludes halogenated alkanes) is 1. The number of anilines is 1. The molecule has 2 rings (SSSR count). The Bertz CT molecular complexity index is 930. The lowest BCUT2D eigenvalue weighted by Crippen LogP contribution is -2.14. The van der Waals surface area contributed by atoms with Crippen LogP contribution in [-0.4, -0.2) is 27.2 Å². The van der Waals surface area contributed by atoms with Crippen LogP contribution in [-0.2, 0) is 14.3 Å². The summed E-state index contributed by atoms with van der Waals surface area (Å²) in [7, 11) is -4.11. The topological polar surface area (TPSA) is 89.5 Å². The molecule has 0 aliphatic heterocycles. The molecule has 0 bridgehead atoms. The van der Waals surface area contributed by atoms with Crippen molar-refractivity contribution in [2.45, 2.75) is 17.7 Å². The van der Waals surface area contributed by atoms with Gasteiger partial charge in [0.05, 0.1) is 11.5 Å². The second kappa shape index (κ2) is 8.94. The maximum Gasteiger partial charge on any atom is 0.297 e. The summed E-state index contributed by atoms with van der Waals surface area (Å²) in [6.07, 6.45) is 6.34. The van der Waals surface area contributed by atoms with Gasteiger partial charge in [0.1, 0.15) is 6.29 Å². The average Bonchev–Trinajstić information content (AvgIpc) is 2.65. The van der Waals surface area contributed by atoms with Crippen molar-refractivity contribution in [1.29, 1.82) is 0 Å². The smallest absolute Gasteiger partial charge is 0.297 e. The quantitative estimate of drug-likeness (QED) is 0.334. The highest BCUT2D eigenvalue weighted by molar-refractivity contribution is 7.86. The van der Waals surface area contributed by atoms with Crippen LogP contribution in [0.3, 0.4) is 0 Å². The van der Waals surface area contributed by atoms with Gasteiger partial charge < -0.3 is 5.32 Å². The van der Waals surface area contributed by atoms with E-state index in [2.05, 4.69) is 11.2 Å². The summed E-state index contributed by atoms with van der Waals surface area (Å²) in [5.74, 6) is 1.85. The number of nitrogens with one attached hydrogen (secondary N) is 1. The Morgan fingerprint density at radius 3 is 2.58 bits per heavy atom. The molecule has 0 aliphatic carbocycles. The van der Waals surface area contributed by atoms with Gasteiger partial charge in [0, 0.05) is 23.2 Å². The number of benzene rings is 2. The third-order valence-corrected chi connectivity index (χ3v) is 4.64.